The van der Waals surface area contributed by atoms with Crippen molar-refractivity contribution in [2.24, 2.45) is 0 Å². The van der Waals surface area contributed by atoms with Crippen LogP contribution in [0.25, 0.3) is 0 Å². The van der Waals surface area contributed by atoms with E-state index in [0.717, 1.165) is 24.3 Å². The first-order chi connectivity index (χ1) is 10.4. The molecular weight excluding hydrogens is 298 g/mol. The van der Waals surface area contributed by atoms with Crippen LogP contribution < -0.4 is 4.74 Å². The highest BCUT2D eigenvalue weighted by Gasteiger charge is 2.37. The third kappa shape index (κ3) is 3.01. The molecule has 4 nitrogen and oxygen atoms in total. The van der Waals surface area contributed by atoms with Crippen LogP contribution >= 0.6 is 0 Å². The van der Waals surface area contributed by atoms with Gasteiger partial charge in [-0.2, -0.15) is 0 Å². The minimum absolute atomic E-state index is 0.0930. The zero-order valence-corrected chi connectivity index (χ0v) is 14.4. The smallest absolute Gasteiger partial charge is 0.179 e. The molecule has 1 saturated heterocycles. The van der Waals surface area contributed by atoms with Crippen LogP contribution in [0.4, 0.5) is 0 Å². The van der Waals surface area contributed by atoms with E-state index in [1.165, 1.54) is 12.8 Å². The topological polar surface area (TPSA) is 46.6 Å². The molecule has 3 rings (SSSR count). The van der Waals surface area contributed by atoms with Crippen LogP contribution in [0.15, 0.2) is 23.1 Å². The van der Waals surface area contributed by atoms with E-state index in [0.29, 0.717) is 10.9 Å². The van der Waals surface area contributed by atoms with Crippen LogP contribution in [0.3, 0.4) is 0 Å². The van der Waals surface area contributed by atoms with Gasteiger partial charge >= 0.3 is 0 Å². The Bertz CT molecular complexity index is 654. The summed E-state index contributed by atoms with van der Waals surface area (Å²) in [6.45, 7) is 5.08. The maximum atomic E-state index is 12.4. The van der Waals surface area contributed by atoms with Gasteiger partial charge in [0.05, 0.1) is 16.8 Å². The molecule has 2 aliphatic heterocycles. The summed E-state index contributed by atoms with van der Waals surface area (Å²) in [4.78, 5) is 2.87. The maximum absolute atomic E-state index is 12.4. The molecule has 1 aromatic rings. The minimum atomic E-state index is -3.13. The Morgan fingerprint density at radius 1 is 1.36 bits per heavy atom. The quantitative estimate of drug-likeness (QED) is 0.855. The van der Waals surface area contributed by atoms with Crippen molar-refractivity contribution in [3.05, 3.63) is 23.8 Å². The average Bonchev–Trinajstić information content (AvgIpc) is 2.92. The number of hydrogen-bond donors (Lipinski definition) is 0. The van der Waals surface area contributed by atoms with E-state index in [4.69, 9.17) is 4.74 Å². The molecule has 0 aromatic heterocycles. The second kappa shape index (κ2) is 5.85. The lowest BCUT2D eigenvalue weighted by atomic mass is 9.93. The van der Waals surface area contributed by atoms with Gasteiger partial charge < -0.3 is 9.64 Å². The van der Waals surface area contributed by atoms with Crippen molar-refractivity contribution >= 4 is 9.84 Å². The third-order valence-electron chi connectivity index (χ3n) is 4.78. The molecule has 0 bridgehead atoms. The number of rotatable bonds is 4. The molecule has 2 atom stereocenters. The van der Waals surface area contributed by atoms with Gasteiger partial charge in [0.25, 0.3) is 0 Å². The summed E-state index contributed by atoms with van der Waals surface area (Å²) in [6.07, 6.45) is 3.40. The summed E-state index contributed by atoms with van der Waals surface area (Å²) in [6, 6.07) is 5.95. The molecule has 0 radical (unpaired) electrons. The van der Waals surface area contributed by atoms with Gasteiger partial charge in [-0.05, 0) is 70.5 Å². The van der Waals surface area contributed by atoms with Crippen molar-refractivity contribution in [2.75, 3.05) is 19.3 Å². The monoisotopic (exact) mass is 323 g/mol. The Morgan fingerprint density at radius 3 is 2.77 bits per heavy atom. The first kappa shape index (κ1) is 15.8. The van der Waals surface area contributed by atoms with E-state index < -0.39 is 9.84 Å². The van der Waals surface area contributed by atoms with E-state index in [1.807, 2.05) is 19.9 Å². The molecule has 0 aliphatic carbocycles. The fraction of sp³-hybridized carbons (Fsp3) is 0.647. The fourth-order valence-corrected chi connectivity index (χ4v) is 5.60. The summed E-state index contributed by atoms with van der Waals surface area (Å²) < 4.78 is 30.5. The zero-order chi connectivity index (χ0) is 15.9. The summed E-state index contributed by atoms with van der Waals surface area (Å²) in [5.74, 6) is 1.12. The van der Waals surface area contributed by atoms with Gasteiger partial charge in [-0.1, -0.05) is 0 Å². The molecule has 0 amide bonds. The maximum Gasteiger partial charge on any atom is 0.179 e. The standard InChI is InChI=1S/C17H25NO3S/c1-12(2)21-15-6-7-17-16(10-15)13(11-22(17,19)20)9-14-5-4-8-18(14)3/h6-7,10,12-14H,4-5,8-9,11H2,1-3H3/t13?,14-/m1/s1. The first-order valence-electron chi connectivity index (χ1n) is 8.10. The van der Waals surface area contributed by atoms with Gasteiger partial charge in [0.1, 0.15) is 5.75 Å². The normalized spacial score (nSPS) is 27.3. The van der Waals surface area contributed by atoms with Crippen molar-refractivity contribution < 1.29 is 13.2 Å². The minimum Gasteiger partial charge on any atom is -0.491 e. The number of ether oxygens (including phenoxy) is 1. The van der Waals surface area contributed by atoms with Crippen LogP contribution in [0.5, 0.6) is 5.75 Å². The fourth-order valence-electron chi connectivity index (χ4n) is 3.72. The Labute approximate surface area is 133 Å². The van der Waals surface area contributed by atoms with Gasteiger partial charge in [0, 0.05) is 12.0 Å². The molecule has 5 heteroatoms. The number of nitrogens with zero attached hydrogens (tertiary/aromatic N) is 1. The van der Waals surface area contributed by atoms with Crippen molar-refractivity contribution in [1.29, 1.82) is 0 Å². The van der Waals surface area contributed by atoms with E-state index in [2.05, 4.69) is 11.9 Å². The predicted molar refractivity (Wildman–Crippen MR) is 87.3 cm³/mol. The summed E-state index contributed by atoms with van der Waals surface area (Å²) in [5.41, 5.74) is 0.957. The Kier molecular flexibility index (Phi) is 4.21. The Hall–Kier alpha value is -1.07. The first-order valence-corrected chi connectivity index (χ1v) is 9.75. The molecule has 0 saturated carbocycles. The van der Waals surface area contributed by atoms with Crippen LogP contribution in [-0.2, 0) is 9.84 Å². The van der Waals surface area contributed by atoms with E-state index >= 15 is 0 Å². The number of benzene rings is 1. The lowest BCUT2D eigenvalue weighted by molar-refractivity contribution is 0.241. The van der Waals surface area contributed by atoms with Crippen LogP contribution in [0.2, 0.25) is 0 Å². The molecule has 1 aromatic carbocycles. The SMILES string of the molecule is CC(C)Oc1ccc2c(c1)C(C[C@H]1CCCN1C)CS2(=O)=O. The van der Waals surface area contributed by atoms with E-state index in [9.17, 15) is 8.42 Å². The summed E-state index contributed by atoms with van der Waals surface area (Å²) in [5, 5.41) is 0. The third-order valence-corrected chi connectivity index (χ3v) is 6.66. The molecule has 2 aliphatic rings. The van der Waals surface area contributed by atoms with E-state index in [-0.39, 0.29) is 17.8 Å². The second-order valence-electron chi connectivity index (χ2n) is 6.86. The highest BCUT2D eigenvalue weighted by Crippen LogP contribution is 2.41. The van der Waals surface area contributed by atoms with Gasteiger partial charge in [0.15, 0.2) is 9.84 Å². The van der Waals surface area contributed by atoms with Crippen LogP contribution in [0.1, 0.15) is 44.6 Å². The lowest BCUT2D eigenvalue weighted by Gasteiger charge is -2.23. The summed E-state index contributed by atoms with van der Waals surface area (Å²) in [7, 11) is -0.994. The van der Waals surface area contributed by atoms with Gasteiger partial charge in [-0.3, -0.25) is 0 Å². The molecule has 22 heavy (non-hydrogen) atoms. The van der Waals surface area contributed by atoms with Gasteiger partial charge in [-0.15, -0.1) is 0 Å². The highest BCUT2D eigenvalue weighted by atomic mass is 32.2. The molecule has 122 valence electrons. The average molecular weight is 323 g/mol. The lowest BCUT2D eigenvalue weighted by Crippen LogP contribution is -2.27. The van der Waals surface area contributed by atoms with Crippen molar-refractivity contribution in [2.45, 2.75) is 56.1 Å². The van der Waals surface area contributed by atoms with Crippen molar-refractivity contribution in [3.8, 4) is 5.75 Å². The molecule has 0 N–H and O–H groups in total. The number of sulfone groups is 1. The van der Waals surface area contributed by atoms with Crippen LogP contribution in [-0.4, -0.2) is 44.8 Å². The molecule has 1 fully saturated rings. The molecule has 0 spiro atoms. The summed E-state index contributed by atoms with van der Waals surface area (Å²) >= 11 is 0. The zero-order valence-electron chi connectivity index (χ0n) is 13.6. The highest BCUT2D eigenvalue weighted by molar-refractivity contribution is 7.91. The Morgan fingerprint density at radius 2 is 2.14 bits per heavy atom. The van der Waals surface area contributed by atoms with Crippen LogP contribution in [0, 0.1) is 0 Å². The molecular formula is C17H25NO3S. The number of fused-ring (bicyclic) bond motifs is 1. The molecule has 2 heterocycles. The predicted octanol–water partition coefficient (Wildman–Crippen LogP) is 2.83. The van der Waals surface area contributed by atoms with Crippen molar-refractivity contribution in [1.82, 2.24) is 4.90 Å². The van der Waals surface area contributed by atoms with Gasteiger partial charge in [0.2, 0.25) is 0 Å². The largest absolute Gasteiger partial charge is 0.491 e. The Balaban J connectivity index is 1.89. The van der Waals surface area contributed by atoms with Gasteiger partial charge in [-0.25, -0.2) is 8.42 Å². The second-order valence-corrected chi connectivity index (χ2v) is 8.86. The van der Waals surface area contributed by atoms with Crippen molar-refractivity contribution in [3.63, 3.8) is 0 Å². The van der Waals surface area contributed by atoms with E-state index in [1.54, 1.807) is 12.1 Å². The number of hydrogen-bond acceptors (Lipinski definition) is 4. The molecule has 1 unspecified atom stereocenters. The number of likely N-dealkylation sites (tertiary alicyclic amines) is 1.